The van der Waals surface area contributed by atoms with Crippen LogP contribution >= 0.6 is 0 Å². The van der Waals surface area contributed by atoms with E-state index < -0.39 is 8.32 Å². The van der Waals surface area contributed by atoms with E-state index in [0.717, 1.165) is 35.0 Å². The lowest BCUT2D eigenvalue weighted by Gasteiger charge is -2.30. The number of amides is 1. The number of hydrogen-bond acceptors (Lipinski definition) is 4. The average molecular weight is 481 g/mol. The number of carbonyl (C=O) groups excluding carboxylic acids is 1. The zero-order valence-corrected chi connectivity index (χ0v) is 21.3. The number of aromatic amines is 1. The van der Waals surface area contributed by atoms with Crippen LogP contribution in [0.15, 0.2) is 54.7 Å². The first-order chi connectivity index (χ1) is 16.3. The third kappa shape index (κ3) is 5.60. The molecule has 3 aromatic rings. The Balaban J connectivity index is 1.31. The summed E-state index contributed by atoms with van der Waals surface area (Å²) in [6.45, 7) is 6.19. The number of para-hydroxylation sites is 1. The molecule has 1 saturated heterocycles. The van der Waals surface area contributed by atoms with Crippen LogP contribution in [0.25, 0.3) is 10.9 Å². The summed E-state index contributed by atoms with van der Waals surface area (Å²) in [5.41, 5.74) is 4.14. The van der Waals surface area contributed by atoms with Crippen LogP contribution < -0.4 is 5.32 Å². The van der Waals surface area contributed by atoms with Gasteiger partial charge < -0.3 is 24.9 Å². The topological polar surface area (TPSA) is 94.6 Å². The molecule has 1 amide bonds. The third-order valence-electron chi connectivity index (χ3n) is 7.11. The quantitative estimate of drug-likeness (QED) is 0.336. The van der Waals surface area contributed by atoms with Crippen molar-refractivity contribution < 1.29 is 19.4 Å². The normalized spacial score (nSPS) is 22.9. The average Bonchev–Trinajstić information content (AvgIpc) is 3.34. The fraction of sp³-hybridized carbons (Fsp3) is 0.444. The van der Waals surface area contributed by atoms with Gasteiger partial charge in [0.05, 0.1) is 18.6 Å². The molecule has 0 saturated carbocycles. The number of rotatable bonds is 9. The van der Waals surface area contributed by atoms with Gasteiger partial charge in [-0.1, -0.05) is 37.3 Å². The summed E-state index contributed by atoms with van der Waals surface area (Å²) in [6.07, 6.45) is 4.55. The van der Waals surface area contributed by atoms with E-state index in [4.69, 9.17) is 4.74 Å². The Labute approximate surface area is 202 Å². The van der Waals surface area contributed by atoms with Crippen molar-refractivity contribution in [3.8, 4) is 0 Å². The number of aromatic nitrogens is 1. The van der Waals surface area contributed by atoms with E-state index in [1.807, 2.05) is 67.8 Å². The number of aryl methyl sites for hydroxylation is 1. The molecule has 0 radical (unpaired) electrons. The zero-order valence-electron chi connectivity index (χ0n) is 20.3. The first-order valence-electron chi connectivity index (χ1n) is 12.2. The Morgan fingerprint density at radius 1 is 1.09 bits per heavy atom. The summed E-state index contributed by atoms with van der Waals surface area (Å²) < 4.78 is 6.29. The summed E-state index contributed by atoms with van der Waals surface area (Å²) in [6, 6.07) is 16.0. The molecule has 4 N–H and O–H groups in total. The molecule has 1 fully saturated rings. The molecule has 6 nitrogen and oxygen atoms in total. The molecule has 0 aliphatic carbocycles. The molecule has 0 spiro atoms. The fourth-order valence-electron chi connectivity index (χ4n) is 5.53. The van der Waals surface area contributed by atoms with Crippen LogP contribution in [0.3, 0.4) is 0 Å². The molecular formula is C27H36N2O4Si. The third-order valence-corrected chi connectivity index (χ3v) is 9.64. The smallest absolute Gasteiger partial charge is 0.228 e. The van der Waals surface area contributed by atoms with Crippen LogP contribution in [0.2, 0.25) is 18.6 Å². The Kier molecular flexibility index (Phi) is 7.57. The van der Waals surface area contributed by atoms with Gasteiger partial charge in [-0.15, -0.1) is 0 Å². The maximum absolute atomic E-state index is 12.6. The lowest BCUT2D eigenvalue weighted by Crippen LogP contribution is -2.40. The first kappa shape index (κ1) is 24.7. The van der Waals surface area contributed by atoms with E-state index in [2.05, 4.69) is 17.2 Å². The lowest BCUT2D eigenvalue weighted by atomic mass is 9.95. The largest absolute Gasteiger partial charge is 0.432 e. The highest BCUT2D eigenvalue weighted by atomic mass is 28.4. The minimum atomic E-state index is -2.38. The van der Waals surface area contributed by atoms with E-state index in [9.17, 15) is 14.7 Å². The number of aliphatic hydroxyl groups excluding tert-OH is 1. The van der Waals surface area contributed by atoms with Crippen LogP contribution in [-0.2, 0) is 22.4 Å². The standard InChI is InChI=1S/C27H36N2O4Si/c1-18-24(33-25(14-15-30)27(18)34(2,3)32)13-10-19-8-11-21(12-9-19)29-26(31)16-20-17-28-23-7-5-4-6-22(20)23/h4-9,11-12,17-18,24-25,27-28,30,32H,10,13-16H2,1-3H3,(H,29,31)/t18-,24+,25-,27+/m0/s1. The van der Waals surface area contributed by atoms with Gasteiger partial charge in [-0.3, -0.25) is 4.79 Å². The molecule has 34 heavy (non-hydrogen) atoms. The van der Waals surface area contributed by atoms with Crippen LogP contribution in [-0.4, -0.2) is 47.9 Å². The van der Waals surface area contributed by atoms with Crippen molar-refractivity contribution in [2.24, 2.45) is 5.92 Å². The minimum Gasteiger partial charge on any atom is -0.432 e. The number of fused-ring (bicyclic) bond motifs is 1. The Hall–Kier alpha value is -2.45. The Bertz CT molecular complexity index is 1110. The Morgan fingerprint density at radius 2 is 1.82 bits per heavy atom. The molecule has 4 rings (SSSR count). The number of hydrogen-bond donors (Lipinski definition) is 4. The highest BCUT2D eigenvalue weighted by Gasteiger charge is 2.49. The van der Waals surface area contributed by atoms with Gasteiger partial charge in [-0.25, -0.2) is 0 Å². The van der Waals surface area contributed by atoms with E-state index in [0.29, 0.717) is 12.8 Å². The molecule has 1 aliphatic rings. The van der Waals surface area contributed by atoms with E-state index >= 15 is 0 Å². The molecule has 182 valence electrons. The van der Waals surface area contributed by atoms with E-state index in [1.165, 1.54) is 5.56 Å². The Morgan fingerprint density at radius 3 is 2.53 bits per heavy atom. The molecule has 1 aromatic heterocycles. The zero-order chi connectivity index (χ0) is 24.3. The molecule has 2 aromatic carbocycles. The molecule has 7 heteroatoms. The van der Waals surface area contributed by atoms with Gasteiger partial charge in [0, 0.05) is 34.9 Å². The van der Waals surface area contributed by atoms with Gasteiger partial charge in [0.15, 0.2) is 8.32 Å². The lowest BCUT2D eigenvalue weighted by molar-refractivity contribution is -0.115. The van der Waals surface area contributed by atoms with Crippen LogP contribution in [0.1, 0.15) is 30.9 Å². The summed E-state index contributed by atoms with van der Waals surface area (Å²) >= 11 is 0. The number of anilines is 1. The van der Waals surface area contributed by atoms with Crippen LogP contribution in [0.4, 0.5) is 5.69 Å². The SMILES string of the molecule is C[C@@H]1[C@@H]([Si](C)(C)O)[C@H](CCO)O[C@@H]1CCc1ccc(NC(=O)Cc2c[nH]c3ccccc23)cc1. The maximum Gasteiger partial charge on any atom is 0.228 e. The van der Waals surface area contributed by atoms with Crippen molar-refractivity contribution in [2.45, 2.75) is 63.5 Å². The molecule has 1 aliphatic heterocycles. The number of nitrogens with one attached hydrogen (secondary N) is 2. The van der Waals surface area contributed by atoms with Gasteiger partial charge in [0.2, 0.25) is 5.91 Å². The fourth-order valence-corrected chi connectivity index (χ4v) is 8.18. The predicted octanol–water partition coefficient (Wildman–Crippen LogP) is 4.64. The highest BCUT2D eigenvalue weighted by Crippen LogP contribution is 2.45. The monoisotopic (exact) mass is 480 g/mol. The van der Waals surface area contributed by atoms with Crippen molar-refractivity contribution >= 4 is 30.8 Å². The van der Waals surface area contributed by atoms with Crippen LogP contribution in [0, 0.1) is 5.92 Å². The predicted molar refractivity (Wildman–Crippen MR) is 138 cm³/mol. The second-order valence-electron chi connectivity index (χ2n) is 10.1. The van der Waals surface area contributed by atoms with Gasteiger partial charge in [0.25, 0.3) is 0 Å². The number of H-pyrrole nitrogens is 1. The van der Waals surface area contributed by atoms with Gasteiger partial charge in [0.1, 0.15) is 0 Å². The summed E-state index contributed by atoms with van der Waals surface area (Å²) in [7, 11) is -2.38. The number of ether oxygens (including phenoxy) is 1. The second kappa shape index (κ2) is 10.4. The number of carbonyl (C=O) groups is 1. The van der Waals surface area contributed by atoms with E-state index in [-0.39, 0.29) is 36.2 Å². The van der Waals surface area contributed by atoms with Gasteiger partial charge >= 0.3 is 0 Å². The minimum absolute atomic E-state index is 0.0394. The van der Waals surface area contributed by atoms with Crippen molar-refractivity contribution in [1.82, 2.24) is 4.98 Å². The summed E-state index contributed by atoms with van der Waals surface area (Å²) in [5.74, 6) is 0.230. The molecule has 2 heterocycles. The molecular weight excluding hydrogens is 444 g/mol. The number of benzene rings is 2. The van der Waals surface area contributed by atoms with Crippen molar-refractivity contribution in [3.63, 3.8) is 0 Å². The first-order valence-corrected chi connectivity index (χ1v) is 15.2. The molecule has 4 atom stereocenters. The van der Waals surface area contributed by atoms with Crippen LogP contribution in [0.5, 0.6) is 0 Å². The summed E-state index contributed by atoms with van der Waals surface area (Å²) in [5, 5.41) is 13.5. The second-order valence-corrected chi connectivity index (χ2v) is 14.1. The van der Waals surface area contributed by atoms with Crippen molar-refractivity contribution in [1.29, 1.82) is 0 Å². The summed E-state index contributed by atoms with van der Waals surface area (Å²) in [4.78, 5) is 26.5. The van der Waals surface area contributed by atoms with E-state index in [1.54, 1.807) is 0 Å². The number of aliphatic hydroxyl groups is 1. The van der Waals surface area contributed by atoms with Crippen molar-refractivity contribution in [3.05, 3.63) is 65.9 Å². The van der Waals surface area contributed by atoms with Gasteiger partial charge in [-0.2, -0.15) is 0 Å². The maximum atomic E-state index is 12.6. The molecule has 0 unspecified atom stereocenters. The van der Waals surface area contributed by atoms with Gasteiger partial charge in [-0.05, 0) is 67.6 Å². The highest BCUT2D eigenvalue weighted by molar-refractivity contribution is 6.71. The van der Waals surface area contributed by atoms with Crippen molar-refractivity contribution in [2.75, 3.05) is 11.9 Å². The molecule has 0 bridgehead atoms.